The number of halogens is 2. The molecule has 0 saturated heterocycles. The fourth-order valence-corrected chi connectivity index (χ4v) is 1.52. The Morgan fingerprint density at radius 2 is 2.05 bits per heavy atom. The molecule has 0 heterocycles. The molecule has 2 N–H and O–H groups in total. The van der Waals surface area contributed by atoms with E-state index in [-0.39, 0.29) is 17.1 Å². The molecule has 104 valence electrons. The second kappa shape index (κ2) is 6.02. The maximum Gasteiger partial charge on any atom is 0.309 e. The number of rotatable bonds is 5. The SMILES string of the molecule is CC(C)(CCNC(=O)c1ccc(F)c(Cl)c1)C(=O)O. The molecule has 0 aromatic heterocycles. The minimum Gasteiger partial charge on any atom is -0.481 e. The van der Waals surface area contributed by atoms with E-state index >= 15 is 0 Å². The van der Waals surface area contributed by atoms with Crippen molar-refractivity contribution < 1.29 is 19.1 Å². The zero-order valence-electron chi connectivity index (χ0n) is 10.7. The van der Waals surface area contributed by atoms with Crippen LogP contribution in [0.5, 0.6) is 0 Å². The van der Waals surface area contributed by atoms with Gasteiger partial charge in [0, 0.05) is 12.1 Å². The van der Waals surface area contributed by atoms with Gasteiger partial charge in [0.25, 0.3) is 5.91 Å². The second-order valence-corrected chi connectivity index (χ2v) is 5.23. The summed E-state index contributed by atoms with van der Waals surface area (Å²) in [5.74, 6) is -1.93. The highest BCUT2D eigenvalue weighted by Gasteiger charge is 2.26. The molecule has 0 atom stereocenters. The van der Waals surface area contributed by atoms with Crippen molar-refractivity contribution in [3.8, 4) is 0 Å². The lowest BCUT2D eigenvalue weighted by molar-refractivity contribution is -0.147. The lowest BCUT2D eigenvalue weighted by atomic mass is 9.90. The molecule has 1 aromatic carbocycles. The Morgan fingerprint density at radius 1 is 1.42 bits per heavy atom. The van der Waals surface area contributed by atoms with Crippen LogP contribution in [0.2, 0.25) is 5.02 Å². The number of hydrogen-bond acceptors (Lipinski definition) is 2. The molecule has 0 radical (unpaired) electrons. The molecular weight excluding hydrogens is 273 g/mol. The third kappa shape index (κ3) is 4.21. The van der Waals surface area contributed by atoms with E-state index in [4.69, 9.17) is 16.7 Å². The quantitative estimate of drug-likeness (QED) is 0.875. The summed E-state index contributed by atoms with van der Waals surface area (Å²) in [7, 11) is 0. The number of aliphatic carboxylic acids is 1. The second-order valence-electron chi connectivity index (χ2n) is 4.82. The van der Waals surface area contributed by atoms with Crippen LogP contribution in [0, 0.1) is 11.2 Å². The predicted octanol–water partition coefficient (Wildman–Crippen LogP) is 2.71. The van der Waals surface area contributed by atoms with Gasteiger partial charge in [-0.3, -0.25) is 9.59 Å². The number of amides is 1. The summed E-state index contributed by atoms with van der Waals surface area (Å²) in [6.45, 7) is 3.37. The summed E-state index contributed by atoms with van der Waals surface area (Å²) in [6, 6.07) is 3.66. The van der Waals surface area contributed by atoms with Gasteiger partial charge >= 0.3 is 5.97 Å². The van der Waals surface area contributed by atoms with E-state index in [2.05, 4.69) is 5.32 Å². The monoisotopic (exact) mass is 287 g/mol. The Bertz CT molecular complexity index is 503. The van der Waals surface area contributed by atoms with Gasteiger partial charge in [-0.05, 0) is 38.5 Å². The van der Waals surface area contributed by atoms with E-state index in [0.717, 1.165) is 6.07 Å². The molecule has 1 amide bonds. The molecule has 0 aliphatic rings. The number of carbonyl (C=O) groups excluding carboxylic acids is 1. The topological polar surface area (TPSA) is 66.4 Å². The van der Waals surface area contributed by atoms with Crippen molar-refractivity contribution >= 4 is 23.5 Å². The maximum atomic E-state index is 12.9. The van der Waals surface area contributed by atoms with E-state index < -0.39 is 23.1 Å². The first-order valence-corrected chi connectivity index (χ1v) is 6.08. The molecule has 0 bridgehead atoms. The minimum absolute atomic E-state index is 0.126. The van der Waals surface area contributed by atoms with E-state index in [1.54, 1.807) is 13.8 Å². The number of hydrogen-bond donors (Lipinski definition) is 2. The van der Waals surface area contributed by atoms with Crippen LogP contribution < -0.4 is 5.32 Å². The normalized spacial score (nSPS) is 11.2. The first-order chi connectivity index (χ1) is 8.74. The first kappa shape index (κ1) is 15.4. The number of benzene rings is 1. The number of carboxylic acid groups (broad SMARTS) is 1. The summed E-state index contributed by atoms with van der Waals surface area (Å²) in [5, 5.41) is 11.4. The Balaban J connectivity index is 2.57. The third-order valence-corrected chi connectivity index (χ3v) is 3.09. The van der Waals surface area contributed by atoms with E-state index in [0.29, 0.717) is 6.42 Å². The molecule has 0 aliphatic heterocycles. The van der Waals surface area contributed by atoms with Crippen LogP contribution in [-0.4, -0.2) is 23.5 Å². The fraction of sp³-hybridized carbons (Fsp3) is 0.385. The fourth-order valence-electron chi connectivity index (χ4n) is 1.33. The smallest absolute Gasteiger partial charge is 0.309 e. The van der Waals surface area contributed by atoms with Crippen molar-refractivity contribution in [2.24, 2.45) is 5.41 Å². The Labute approximate surface area is 115 Å². The largest absolute Gasteiger partial charge is 0.481 e. The molecule has 0 fully saturated rings. The first-order valence-electron chi connectivity index (χ1n) is 5.70. The van der Waals surface area contributed by atoms with Crippen LogP contribution in [0.25, 0.3) is 0 Å². The van der Waals surface area contributed by atoms with E-state index in [9.17, 15) is 14.0 Å². The van der Waals surface area contributed by atoms with Crippen molar-refractivity contribution in [2.75, 3.05) is 6.54 Å². The lowest BCUT2D eigenvalue weighted by Gasteiger charge is -2.18. The van der Waals surface area contributed by atoms with Crippen molar-refractivity contribution in [2.45, 2.75) is 20.3 Å². The van der Waals surface area contributed by atoms with Crippen molar-refractivity contribution in [3.63, 3.8) is 0 Å². The van der Waals surface area contributed by atoms with Crippen LogP contribution in [0.3, 0.4) is 0 Å². The van der Waals surface area contributed by atoms with Gasteiger partial charge in [-0.15, -0.1) is 0 Å². The molecule has 0 aliphatic carbocycles. The molecule has 0 spiro atoms. The maximum absolute atomic E-state index is 12.9. The highest BCUT2D eigenvalue weighted by molar-refractivity contribution is 6.31. The molecule has 0 unspecified atom stereocenters. The average molecular weight is 288 g/mol. The summed E-state index contributed by atoms with van der Waals surface area (Å²) in [5.41, 5.74) is -0.673. The molecule has 1 aromatic rings. The highest BCUT2D eigenvalue weighted by Crippen LogP contribution is 2.20. The van der Waals surface area contributed by atoms with Crippen LogP contribution in [-0.2, 0) is 4.79 Å². The molecule has 6 heteroatoms. The van der Waals surface area contributed by atoms with Gasteiger partial charge in [0.1, 0.15) is 5.82 Å². The van der Waals surface area contributed by atoms with E-state index in [1.165, 1.54) is 12.1 Å². The molecule has 1 rings (SSSR count). The summed E-state index contributed by atoms with van der Waals surface area (Å²) in [4.78, 5) is 22.6. The Morgan fingerprint density at radius 3 is 2.58 bits per heavy atom. The van der Waals surface area contributed by atoms with Gasteiger partial charge in [-0.25, -0.2) is 4.39 Å². The third-order valence-electron chi connectivity index (χ3n) is 2.80. The number of carboxylic acids is 1. The zero-order chi connectivity index (χ0) is 14.6. The molecule has 0 saturated carbocycles. The molecular formula is C13H15ClFNO3. The van der Waals surface area contributed by atoms with Gasteiger partial charge < -0.3 is 10.4 Å². The Hall–Kier alpha value is -1.62. The summed E-state index contributed by atoms with van der Waals surface area (Å²) >= 11 is 5.57. The van der Waals surface area contributed by atoms with E-state index in [1.807, 2.05) is 0 Å². The van der Waals surface area contributed by atoms with Gasteiger partial charge in [0.15, 0.2) is 0 Å². The van der Waals surface area contributed by atoms with Gasteiger partial charge in [-0.2, -0.15) is 0 Å². The van der Waals surface area contributed by atoms with Crippen molar-refractivity contribution in [1.82, 2.24) is 5.32 Å². The highest BCUT2D eigenvalue weighted by atomic mass is 35.5. The average Bonchev–Trinajstić information content (AvgIpc) is 2.32. The standard InChI is InChI=1S/C13H15ClFNO3/c1-13(2,12(18)19)5-6-16-11(17)8-3-4-10(15)9(14)7-8/h3-4,7H,5-6H2,1-2H3,(H,16,17)(H,18,19). The summed E-state index contributed by atoms with van der Waals surface area (Å²) in [6.07, 6.45) is 0.295. The lowest BCUT2D eigenvalue weighted by Crippen LogP contribution is -2.31. The van der Waals surface area contributed by atoms with Gasteiger partial charge in [0.05, 0.1) is 10.4 Å². The predicted molar refractivity (Wildman–Crippen MR) is 69.8 cm³/mol. The number of nitrogens with one attached hydrogen (secondary N) is 1. The van der Waals surface area contributed by atoms with Crippen LogP contribution in [0.4, 0.5) is 4.39 Å². The van der Waals surface area contributed by atoms with Crippen LogP contribution in [0.1, 0.15) is 30.6 Å². The van der Waals surface area contributed by atoms with Crippen molar-refractivity contribution in [1.29, 1.82) is 0 Å². The zero-order valence-corrected chi connectivity index (χ0v) is 11.4. The Kier molecular flexibility index (Phi) is 4.89. The summed E-state index contributed by atoms with van der Waals surface area (Å²) < 4.78 is 12.9. The molecule has 4 nitrogen and oxygen atoms in total. The van der Waals surface area contributed by atoms with Crippen LogP contribution in [0.15, 0.2) is 18.2 Å². The molecule has 19 heavy (non-hydrogen) atoms. The number of carbonyl (C=O) groups is 2. The van der Waals surface area contributed by atoms with Crippen molar-refractivity contribution in [3.05, 3.63) is 34.6 Å². The van der Waals surface area contributed by atoms with Gasteiger partial charge in [0.2, 0.25) is 0 Å². The van der Waals surface area contributed by atoms with Gasteiger partial charge in [-0.1, -0.05) is 11.6 Å². The van der Waals surface area contributed by atoms with Crippen LogP contribution >= 0.6 is 11.6 Å². The minimum atomic E-state index is -0.924.